The van der Waals surface area contributed by atoms with Gasteiger partial charge in [0.25, 0.3) is 0 Å². The number of anilines is 1. The van der Waals surface area contributed by atoms with Crippen LogP contribution in [0.5, 0.6) is 0 Å². The zero-order valence-corrected chi connectivity index (χ0v) is 14.1. The summed E-state index contributed by atoms with van der Waals surface area (Å²) in [6, 6.07) is 23.8. The molecule has 1 heterocycles. The Kier molecular flexibility index (Phi) is 4.01. The molecule has 0 unspecified atom stereocenters. The molecule has 3 heteroatoms. The average molecular weight is 330 g/mol. The van der Waals surface area contributed by atoms with Gasteiger partial charge in [-0.2, -0.15) is 0 Å². The molecule has 0 aliphatic heterocycles. The van der Waals surface area contributed by atoms with Gasteiger partial charge in [0, 0.05) is 10.9 Å². The Hall–Kier alpha value is -2.65. The van der Waals surface area contributed by atoms with E-state index >= 15 is 0 Å². The van der Waals surface area contributed by atoms with Crippen molar-refractivity contribution < 1.29 is 0 Å². The summed E-state index contributed by atoms with van der Waals surface area (Å²) in [5, 5.41) is 2.64. The Balaban J connectivity index is 1.61. The van der Waals surface area contributed by atoms with Crippen molar-refractivity contribution in [2.24, 2.45) is 0 Å². The highest BCUT2D eigenvalue weighted by Crippen LogP contribution is 2.36. The van der Waals surface area contributed by atoms with Gasteiger partial charge in [-0.15, -0.1) is 11.3 Å². The summed E-state index contributed by atoms with van der Waals surface area (Å²) in [5.74, 6) is 0. The Morgan fingerprint density at radius 1 is 0.750 bits per heavy atom. The summed E-state index contributed by atoms with van der Waals surface area (Å²) in [6.45, 7) is 0. The van der Waals surface area contributed by atoms with Crippen molar-refractivity contribution >= 4 is 16.5 Å². The molecular weight excluding hydrogens is 312 g/mol. The van der Waals surface area contributed by atoms with Crippen molar-refractivity contribution in [3.63, 3.8) is 0 Å². The molecule has 2 aromatic rings. The van der Waals surface area contributed by atoms with Crippen molar-refractivity contribution in [2.45, 2.75) is 12.8 Å². The van der Waals surface area contributed by atoms with E-state index in [9.17, 15) is 0 Å². The number of nitrogens with two attached hydrogens (primary N) is 1. The lowest BCUT2D eigenvalue weighted by Gasteiger charge is -1.99. The van der Waals surface area contributed by atoms with Crippen LogP contribution in [0.15, 0.2) is 72.1 Å². The number of hydrogen-bond donors (Lipinski definition) is 1. The molecule has 0 amide bonds. The molecule has 0 atom stereocenters. The van der Waals surface area contributed by atoms with Crippen molar-refractivity contribution in [1.29, 1.82) is 0 Å². The number of fused-ring (bicyclic) bond motifs is 1. The van der Waals surface area contributed by atoms with E-state index in [2.05, 4.69) is 71.7 Å². The lowest BCUT2D eigenvalue weighted by atomic mass is 10.1. The maximum Gasteiger partial charge on any atom is 0.180 e. The quantitative estimate of drug-likeness (QED) is 0.553. The third kappa shape index (κ3) is 3.03. The van der Waals surface area contributed by atoms with Gasteiger partial charge in [-0.25, -0.2) is 4.98 Å². The summed E-state index contributed by atoms with van der Waals surface area (Å²) in [5.41, 5.74) is 13.1. The summed E-state index contributed by atoms with van der Waals surface area (Å²) in [4.78, 5) is 4.42. The number of nitrogen functional groups attached to an aromatic ring is 1. The van der Waals surface area contributed by atoms with Crippen LogP contribution in [0, 0.1) is 0 Å². The van der Waals surface area contributed by atoms with E-state index in [1.807, 2.05) is 5.38 Å². The summed E-state index contributed by atoms with van der Waals surface area (Å²) in [7, 11) is 0. The molecule has 0 saturated heterocycles. The zero-order valence-electron chi connectivity index (χ0n) is 13.3. The number of rotatable bonds is 4. The Bertz CT molecular complexity index is 928. The smallest absolute Gasteiger partial charge is 0.180 e. The van der Waals surface area contributed by atoms with Crippen molar-refractivity contribution in [2.75, 3.05) is 5.73 Å². The van der Waals surface area contributed by atoms with Crippen LogP contribution in [0.2, 0.25) is 0 Å². The van der Waals surface area contributed by atoms with Gasteiger partial charge >= 0.3 is 0 Å². The second kappa shape index (κ2) is 6.46. The molecule has 2 nitrogen and oxygen atoms in total. The molecule has 118 valence electrons. The lowest BCUT2D eigenvalue weighted by molar-refractivity contribution is 0.962. The predicted molar refractivity (Wildman–Crippen MR) is 102 cm³/mol. The fourth-order valence-corrected chi connectivity index (χ4v) is 3.58. The highest BCUT2D eigenvalue weighted by Gasteiger charge is 2.12. The van der Waals surface area contributed by atoms with E-state index in [1.54, 1.807) is 0 Å². The first-order valence-corrected chi connectivity index (χ1v) is 8.94. The third-order valence-electron chi connectivity index (χ3n) is 4.31. The van der Waals surface area contributed by atoms with Gasteiger partial charge in [-0.3, -0.25) is 0 Å². The minimum Gasteiger partial charge on any atom is -0.375 e. The van der Waals surface area contributed by atoms with Gasteiger partial charge in [0.15, 0.2) is 5.13 Å². The van der Waals surface area contributed by atoms with E-state index in [-0.39, 0.29) is 0 Å². The molecule has 2 aliphatic carbocycles. The van der Waals surface area contributed by atoms with Crippen molar-refractivity contribution in [3.8, 4) is 22.4 Å². The molecular formula is C21H18N2S. The number of aryl methyl sites for hydroxylation is 2. The molecule has 0 spiro atoms. The third-order valence-corrected chi connectivity index (χ3v) is 4.99. The van der Waals surface area contributed by atoms with Gasteiger partial charge in [0.1, 0.15) is 0 Å². The van der Waals surface area contributed by atoms with E-state index in [0.717, 1.165) is 24.1 Å². The Morgan fingerprint density at radius 3 is 2.17 bits per heavy atom. The minimum atomic E-state index is 0.614. The maximum atomic E-state index is 5.78. The van der Waals surface area contributed by atoms with Crippen LogP contribution in [-0.2, 0) is 12.8 Å². The first-order chi connectivity index (χ1) is 11.8. The molecule has 2 N–H and O–H groups in total. The second-order valence-corrected chi connectivity index (χ2v) is 6.80. The number of aromatic nitrogens is 1. The standard InChI is InChI=1S/C21H18N2S/c22-21-23-20(14-24-21)19-13-11-17-10-8-16(9-12-18(17)19)7-6-15-4-2-1-3-5-15/h1-5,8-14H,6-7H2,(H2,22,23). The van der Waals surface area contributed by atoms with Gasteiger partial charge in [-0.1, -0.05) is 66.7 Å². The second-order valence-electron chi connectivity index (χ2n) is 5.91. The molecule has 0 saturated carbocycles. The summed E-state index contributed by atoms with van der Waals surface area (Å²) < 4.78 is 0. The van der Waals surface area contributed by atoms with Crippen LogP contribution in [-0.4, -0.2) is 4.98 Å². The SMILES string of the molecule is Nc1nc(-c2ccc3ccc(CCc4ccccc4)ccc2-3)cs1. The fourth-order valence-electron chi connectivity index (χ4n) is 3.02. The van der Waals surface area contributed by atoms with Crippen molar-refractivity contribution in [3.05, 3.63) is 83.2 Å². The van der Waals surface area contributed by atoms with Crippen LogP contribution < -0.4 is 5.73 Å². The monoisotopic (exact) mass is 330 g/mol. The Labute approximate surface area is 146 Å². The molecule has 24 heavy (non-hydrogen) atoms. The van der Waals surface area contributed by atoms with Crippen LogP contribution >= 0.6 is 11.3 Å². The molecule has 1 aromatic heterocycles. The van der Waals surface area contributed by atoms with Crippen LogP contribution in [0.25, 0.3) is 22.4 Å². The lowest BCUT2D eigenvalue weighted by Crippen LogP contribution is -1.89. The molecule has 0 bridgehead atoms. The van der Waals surface area contributed by atoms with Gasteiger partial charge in [-0.05, 0) is 35.1 Å². The normalized spacial score (nSPS) is 11.0. The molecule has 4 rings (SSSR count). The maximum absolute atomic E-state index is 5.78. The number of nitrogens with zero attached hydrogens (tertiary/aromatic N) is 1. The first kappa shape index (κ1) is 14.9. The minimum absolute atomic E-state index is 0.614. The molecule has 2 aliphatic rings. The Morgan fingerprint density at radius 2 is 1.42 bits per heavy atom. The van der Waals surface area contributed by atoms with Gasteiger partial charge in [0.2, 0.25) is 0 Å². The van der Waals surface area contributed by atoms with E-state index in [1.165, 1.54) is 33.6 Å². The van der Waals surface area contributed by atoms with E-state index in [4.69, 9.17) is 5.73 Å². The van der Waals surface area contributed by atoms with E-state index in [0.29, 0.717) is 5.13 Å². The zero-order chi connectivity index (χ0) is 16.4. The summed E-state index contributed by atoms with van der Waals surface area (Å²) in [6.07, 6.45) is 2.10. The van der Waals surface area contributed by atoms with Crippen LogP contribution in [0.4, 0.5) is 5.13 Å². The largest absolute Gasteiger partial charge is 0.375 e. The highest BCUT2D eigenvalue weighted by molar-refractivity contribution is 7.13. The molecule has 0 radical (unpaired) electrons. The van der Waals surface area contributed by atoms with Crippen molar-refractivity contribution in [1.82, 2.24) is 4.98 Å². The van der Waals surface area contributed by atoms with Crippen LogP contribution in [0.3, 0.4) is 0 Å². The molecule has 0 fully saturated rings. The average Bonchev–Trinajstić information content (AvgIpc) is 3.15. The fraction of sp³-hybridized carbons (Fsp3) is 0.0952. The van der Waals surface area contributed by atoms with Gasteiger partial charge in [0.05, 0.1) is 5.69 Å². The highest BCUT2D eigenvalue weighted by atomic mass is 32.1. The number of benzene rings is 1. The first-order valence-electron chi connectivity index (χ1n) is 8.06. The molecule has 1 aromatic carbocycles. The summed E-state index contributed by atoms with van der Waals surface area (Å²) >= 11 is 1.48. The van der Waals surface area contributed by atoms with Crippen LogP contribution in [0.1, 0.15) is 11.1 Å². The number of hydrogen-bond acceptors (Lipinski definition) is 3. The van der Waals surface area contributed by atoms with E-state index < -0.39 is 0 Å². The predicted octanol–water partition coefficient (Wildman–Crippen LogP) is 5.28. The van der Waals surface area contributed by atoms with Gasteiger partial charge < -0.3 is 5.73 Å². The topological polar surface area (TPSA) is 38.9 Å². The number of thiazole rings is 1.